The van der Waals surface area contributed by atoms with E-state index in [0.717, 1.165) is 6.54 Å². The molecule has 2 nitrogen and oxygen atoms in total. The van der Waals surface area contributed by atoms with Crippen molar-refractivity contribution >= 4 is 0 Å². The molecule has 0 saturated heterocycles. The van der Waals surface area contributed by atoms with Crippen LogP contribution >= 0.6 is 0 Å². The largest absolute Gasteiger partial charge is 0.315 e. The van der Waals surface area contributed by atoms with Crippen LogP contribution in [0.2, 0.25) is 0 Å². The van der Waals surface area contributed by atoms with E-state index in [2.05, 4.69) is 31.2 Å². The van der Waals surface area contributed by atoms with E-state index in [9.17, 15) is 4.79 Å². The summed E-state index contributed by atoms with van der Waals surface area (Å²) < 4.78 is 1.87. The molecule has 1 saturated carbocycles. The Labute approximate surface area is 120 Å². The van der Waals surface area contributed by atoms with Gasteiger partial charge >= 0.3 is 0 Å². The molecule has 1 fully saturated rings. The van der Waals surface area contributed by atoms with Crippen molar-refractivity contribution < 1.29 is 0 Å². The molecule has 0 bridgehead atoms. The Morgan fingerprint density at radius 1 is 1.05 bits per heavy atom. The topological polar surface area (TPSA) is 22.0 Å². The van der Waals surface area contributed by atoms with Gasteiger partial charge in [0.15, 0.2) is 0 Å². The fourth-order valence-electron chi connectivity index (χ4n) is 3.41. The smallest absolute Gasteiger partial charge is 0.250 e. The highest BCUT2D eigenvalue weighted by atomic mass is 16.1. The van der Waals surface area contributed by atoms with Crippen molar-refractivity contribution in [1.29, 1.82) is 0 Å². The van der Waals surface area contributed by atoms with Crippen molar-refractivity contribution in [3.63, 3.8) is 0 Å². The number of rotatable bonds is 3. The summed E-state index contributed by atoms with van der Waals surface area (Å²) in [5.41, 5.74) is 2.92. The Bertz CT molecular complexity index is 633. The van der Waals surface area contributed by atoms with Gasteiger partial charge in [-0.2, -0.15) is 0 Å². The maximum atomic E-state index is 12.0. The molecule has 0 N–H and O–H groups in total. The SMILES string of the molecule is Cc1ccc(C2(Cn3ccccc3=O)CCCC2)cc1. The summed E-state index contributed by atoms with van der Waals surface area (Å²) in [5, 5.41) is 0. The van der Waals surface area contributed by atoms with E-state index in [1.54, 1.807) is 6.07 Å². The lowest BCUT2D eigenvalue weighted by Gasteiger charge is -2.30. The summed E-state index contributed by atoms with van der Waals surface area (Å²) in [6.45, 7) is 2.92. The van der Waals surface area contributed by atoms with Gasteiger partial charge in [0, 0.05) is 24.2 Å². The average Bonchev–Trinajstić information content (AvgIpc) is 2.92. The Hall–Kier alpha value is -1.83. The zero-order chi connectivity index (χ0) is 14.0. The van der Waals surface area contributed by atoms with Gasteiger partial charge in [-0.15, -0.1) is 0 Å². The number of nitrogens with zero attached hydrogens (tertiary/aromatic N) is 1. The van der Waals surface area contributed by atoms with Crippen molar-refractivity contribution in [2.24, 2.45) is 0 Å². The first kappa shape index (κ1) is 13.2. The molecule has 20 heavy (non-hydrogen) atoms. The Morgan fingerprint density at radius 3 is 2.40 bits per heavy atom. The first-order valence-electron chi connectivity index (χ1n) is 7.42. The van der Waals surface area contributed by atoms with Crippen LogP contribution in [-0.2, 0) is 12.0 Å². The minimum absolute atomic E-state index is 0.103. The second kappa shape index (κ2) is 5.28. The van der Waals surface area contributed by atoms with Crippen molar-refractivity contribution in [3.05, 3.63) is 70.1 Å². The van der Waals surface area contributed by atoms with Gasteiger partial charge in [0.25, 0.3) is 5.56 Å². The molecule has 0 aliphatic heterocycles. The second-order valence-corrected chi connectivity index (χ2v) is 6.02. The highest BCUT2D eigenvalue weighted by molar-refractivity contribution is 5.29. The van der Waals surface area contributed by atoms with E-state index in [0.29, 0.717) is 0 Å². The molecule has 1 aliphatic rings. The zero-order valence-corrected chi connectivity index (χ0v) is 12.0. The van der Waals surface area contributed by atoms with Crippen LogP contribution in [0.25, 0.3) is 0 Å². The third-order valence-electron chi connectivity index (χ3n) is 4.60. The molecule has 2 heteroatoms. The van der Waals surface area contributed by atoms with Crippen LogP contribution in [0.4, 0.5) is 0 Å². The Kier molecular flexibility index (Phi) is 3.47. The van der Waals surface area contributed by atoms with E-state index in [1.807, 2.05) is 22.9 Å². The first-order valence-corrected chi connectivity index (χ1v) is 7.42. The predicted octanol–water partition coefficient (Wildman–Crippen LogP) is 3.67. The van der Waals surface area contributed by atoms with E-state index in [1.165, 1.54) is 36.8 Å². The van der Waals surface area contributed by atoms with E-state index in [-0.39, 0.29) is 11.0 Å². The third-order valence-corrected chi connectivity index (χ3v) is 4.60. The molecule has 3 rings (SSSR count). The predicted molar refractivity (Wildman–Crippen MR) is 82.0 cm³/mol. The van der Waals surface area contributed by atoms with Gasteiger partial charge in [-0.3, -0.25) is 4.79 Å². The fourth-order valence-corrected chi connectivity index (χ4v) is 3.41. The van der Waals surface area contributed by atoms with E-state index >= 15 is 0 Å². The lowest BCUT2D eigenvalue weighted by molar-refractivity contribution is 0.366. The number of aromatic nitrogens is 1. The lowest BCUT2D eigenvalue weighted by atomic mass is 9.78. The average molecular weight is 267 g/mol. The normalized spacial score (nSPS) is 17.2. The van der Waals surface area contributed by atoms with Gasteiger partial charge in [0.05, 0.1) is 0 Å². The summed E-state index contributed by atoms with van der Waals surface area (Å²) in [5.74, 6) is 0. The van der Waals surface area contributed by atoms with Crippen LogP contribution in [0.5, 0.6) is 0 Å². The Balaban J connectivity index is 1.98. The molecule has 2 aromatic rings. The monoisotopic (exact) mass is 267 g/mol. The minimum atomic E-state index is 0.103. The number of aryl methyl sites for hydroxylation is 1. The van der Waals surface area contributed by atoms with Crippen LogP contribution in [0.15, 0.2) is 53.5 Å². The maximum Gasteiger partial charge on any atom is 0.250 e. The quantitative estimate of drug-likeness (QED) is 0.831. The van der Waals surface area contributed by atoms with E-state index < -0.39 is 0 Å². The third kappa shape index (κ3) is 2.43. The van der Waals surface area contributed by atoms with Gasteiger partial charge < -0.3 is 4.57 Å². The summed E-state index contributed by atoms with van der Waals surface area (Å²) in [4.78, 5) is 12.0. The molecule has 0 unspecified atom stereocenters. The molecule has 0 radical (unpaired) electrons. The Morgan fingerprint density at radius 2 is 1.75 bits per heavy atom. The molecule has 1 aromatic carbocycles. The van der Waals surface area contributed by atoms with Gasteiger partial charge in [-0.1, -0.05) is 48.7 Å². The molecule has 0 spiro atoms. The standard InChI is InChI=1S/C18H21NO/c1-15-7-9-16(10-8-15)18(11-3-4-12-18)14-19-13-5-2-6-17(19)20/h2,5-10,13H,3-4,11-12,14H2,1H3. The molecule has 1 heterocycles. The molecule has 0 amide bonds. The molecular formula is C18H21NO. The van der Waals surface area contributed by atoms with Gasteiger partial charge in [0.1, 0.15) is 0 Å². The number of pyridine rings is 1. The van der Waals surface area contributed by atoms with Crippen molar-refractivity contribution in [3.8, 4) is 0 Å². The lowest BCUT2D eigenvalue weighted by Crippen LogP contribution is -2.33. The number of hydrogen-bond acceptors (Lipinski definition) is 1. The van der Waals surface area contributed by atoms with Gasteiger partial charge in [-0.25, -0.2) is 0 Å². The van der Waals surface area contributed by atoms with Gasteiger partial charge in [0.2, 0.25) is 0 Å². The highest BCUT2D eigenvalue weighted by Crippen LogP contribution is 2.42. The summed E-state index contributed by atoms with van der Waals surface area (Å²) >= 11 is 0. The molecule has 1 aliphatic carbocycles. The van der Waals surface area contributed by atoms with E-state index in [4.69, 9.17) is 0 Å². The van der Waals surface area contributed by atoms with Crippen LogP contribution in [0, 0.1) is 6.92 Å². The summed E-state index contributed by atoms with van der Waals surface area (Å²) in [7, 11) is 0. The molecular weight excluding hydrogens is 246 g/mol. The molecule has 0 atom stereocenters. The number of hydrogen-bond donors (Lipinski definition) is 0. The maximum absolute atomic E-state index is 12.0. The van der Waals surface area contributed by atoms with Crippen LogP contribution < -0.4 is 5.56 Å². The van der Waals surface area contributed by atoms with Crippen molar-refractivity contribution in [2.45, 2.75) is 44.6 Å². The van der Waals surface area contributed by atoms with Crippen molar-refractivity contribution in [2.75, 3.05) is 0 Å². The van der Waals surface area contributed by atoms with Crippen LogP contribution in [-0.4, -0.2) is 4.57 Å². The fraction of sp³-hybridized carbons (Fsp3) is 0.389. The summed E-state index contributed by atoms with van der Waals surface area (Å²) in [6.07, 6.45) is 6.79. The molecule has 104 valence electrons. The molecule has 1 aromatic heterocycles. The second-order valence-electron chi connectivity index (χ2n) is 6.02. The van der Waals surface area contributed by atoms with Gasteiger partial charge in [-0.05, 0) is 31.4 Å². The zero-order valence-electron chi connectivity index (χ0n) is 12.0. The van der Waals surface area contributed by atoms with Crippen molar-refractivity contribution in [1.82, 2.24) is 4.57 Å². The highest BCUT2D eigenvalue weighted by Gasteiger charge is 2.36. The number of benzene rings is 1. The minimum Gasteiger partial charge on any atom is -0.315 e. The van der Waals surface area contributed by atoms with Crippen LogP contribution in [0.3, 0.4) is 0 Å². The van der Waals surface area contributed by atoms with Crippen LogP contribution in [0.1, 0.15) is 36.8 Å². The summed E-state index contributed by atoms with van der Waals surface area (Å²) in [6, 6.07) is 14.3. The first-order chi connectivity index (χ1) is 9.70.